The van der Waals surface area contributed by atoms with Crippen LogP contribution in [-0.2, 0) is 11.2 Å². The predicted octanol–water partition coefficient (Wildman–Crippen LogP) is 9.61. The topological polar surface area (TPSA) is 144 Å². The molecule has 0 atom stereocenters. The number of hydrogen-bond donors (Lipinski definition) is 0. The van der Waals surface area contributed by atoms with Gasteiger partial charge in [0.2, 0.25) is 5.71 Å². The lowest BCUT2D eigenvalue weighted by atomic mass is 9.92. The Kier molecular flexibility index (Phi) is 7.94. The molecule has 0 radical (unpaired) electrons. The number of thiophene rings is 2. The highest BCUT2D eigenvalue weighted by atomic mass is 32.1. The summed E-state index contributed by atoms with van der Waals surface area (Å²) in [7, 11) is 3.11. The minimum atomic E-state index is -0.779. The molecule has 0 N–H and O–H groups in total. The van der Waals surface area contributed by atoms with Crippen molar-refractivity contribution in [3.8, 4) is 75.8 Å². The lowest BCUT2D eigenvalue weighted by molar-refractivity contribution is 0.0957. The van der Waals surface area contributed by atoms with Gasteiger partial charge in [-0.15, -0.1) is 34.0 Å². The van der Waals surface area contributed by atoms with Crippen molar-refractivity contribution in [2.24, 2.45) is 9.98 Å². The molecule has 2 aliphatic rings. The highest BCUT2D eigenvalue weighted by molar-refractivity contribution is 7.26. The van der Waals surface area contributed by atoms with Crippen LogP contribution < -0.4 is 18.9 Å². The molecule has 0 bridgehead atoms. The molecular weight excluding hydrogens is 713 g/mol. The highest BCUT2D eigenvalue weighted by Crippen LogP contribution is 2.58. The number of nitriles is 2. The molecule has 4 aromatic heterocycles. The van der Waals surface area contributed by atoms with Gasteiger partial charge in [-0.1, -0.05) is 11.3 Å². The Hall–Kier alpha value is -5.62. The van der Waals surface area contributed by atoms with E-state index in [-0.39, 0.29) is 11.7 Å². The Bertz CT molecular complexity index is 2280. The van der Waals surface area contributed by atoms with Gasteiger partial charge in [0.15, 0.2) is 0 Å². The van der Waals surface area contributed by atoms with Crippen molar-refractivity contribution in [2.45, 2.75) is 38.9 Å². The summed E-state index contributed by atoms with van der Waals surface area (Å²) in [4.78, 5) is 28.0. The SMILES string of the molecule is [C-]#[N+]C(=Nc1cc(OC)c(-c2nc3c(s2)-c2cc4c(cc2OC3(C)C)-c2sc(-c3sc(N=C(C#N)C#N)cc3OC)nc2C(C)(C)O4)s1)[N+]#[C-]. The lowest BCUT2D eigenvalue weighted by Crippen LogP contribution is -2.31. The number of rotatable bonds is 6. The maximum atomic E-state index is 9.19. The van der Waals surface area contributed by atoms with Gasteiger partial charge in [0.1, 0.15) is 82.5 Å². The van der Waals surface area contributed by atoms with Crippen LogP contribution in [0.1, 0.15) is 39.1 Å². The summed E-state index contributed by atoms with van der Waals surface area (Å²) < 4.78 is 24.6. The largest absolute Gasteiger partial charge is 0.635 e. The summed E-state index contributed by atoms with van der Waals surface area (Å²) in [6, 6.07) is 11.0. The third-order valence-corrected chi connectivity index (χ3v) is 12.2. The molecule has 7 rings (SSSR count). The molecule has 50 heavy (non-hydrogen) atoms. The number of fused-ring (bicyclic) bond motifs is 6. The van der Waals surface area contributed by atoms with Gasteiger partial charge in [0, 0.05) is 22.2 Å². The average Bonchev–Trinajstić information content (AvgIpc) is 3.90. The maximum absolute atomic E-state index is 9.19. The van der Waals surface area contributed by atoms with Gasteiger partial charge < -0.3 is 18.9 Å². The van der Waals surface area contributed by atoms with Crippen LogP contribution in [0.25, 0.3) is 50.3 Å². The Morgan fingerprint density at radius 1 is 0.720 bits per heavy atom. The first kappa shape index (κ1) is 32.9. The molecule has 246 valence electrons. The number of methoxy groups -OCH3 is 2. The Morgan fingerprint density at radius 3 is 1.56 bits per heavy atom. The minimum Gasteiger partial charge on any atom is -0.495 e. The van der Waals surface area contributed by atoms with E-state index in [1.807, 2.05) is 39.8 Å². The molecule has 0 unspecified atom stereocenters. The van der Waals surface area contributed by atoms with Gasteiger partial charge in [-0.05, 0) is 53.0 Å². The third-order valence-electron chi connectivity index (χ3n) is 7.74. The second-order valence-electron chi connectivity index (χ2n) is 11.7. The molecule has 0 saturated heterocycles. The number of aliphatic imine (C=N–C) groups is 2. The van der Waals surface area contributed by atoms with Crippen LogP contribution in [0.15, 0.2) is 34.3 Å². The summed E-state index contributed by atoms with van der Waals surface area (Å²) in [6.45, 7) is 22.3. The normalized spacial score (nSPS) is 14.0. The van der Waals surface area contributed by atoms with Gasteiger partial charge in [0.25, 0.3) is 5.00 Å². The van der Waals surface area contributed by atoms with Crippen LogP contribution in [0.3, 0.4) is 0 Å². The van der Waals surface area contributed by atoms with E-state index in [4.69, 9.17) is 42.1 Å². The molecule has 1 aromatic carbocycles. The first-order valence-electron chi connectivity index (χ1n) is 14.6. The second kappa shape index (κ2) is 12.1. The smallest absolute Gasteiger partial charge is 0.495 e. The lowest BCUT2D eigenvalue weighted by Gasteiger charge is -2.35. The summed E-state index contributed by atoms with van der Waals surface area (Å²) in [6.07, 6.45) is 0. The number of guanidine groups is 1. The van der Waals surface area contributed by atoms with Crippen LogP contribution in [0, 0.1) is 35.8 Å². The number of benzene rings is 1. The molecular formula is C34H22N8O4S4. The van der Waals surface area contributed by atoms with Crippen molar-refractivity contribution < 1.29 is 18.9 Å². The van der Waals surface area contributed by atoms with Gasteiger partial charge in [0.05, 0.1) is 30.0 Å². The molecule has 0 fully saturated rings. The van der Waals surface area contributed by atoms with Crippen LogP contribution in [0.2, 0.25) is 0 Å². The molecule has 0 saturated carbocycles. The number of hydrogen-bond acceptors (Lipinski definition) is 14. The van der Waals surface area contributed by atoms with Gasteiger partial charge in [-0.3, -0.25) is 0 Å². The van der Waals surface area contributed by atoms with E-state index in [1.54, 1.807) is 38.5 Å². The molecule has 6 heterocycles. The fraction of sp³-hybridized carbons (Fsp3) is 0.235. The van der Waals surface area contributed by atoms with E-state index in [0.717, 1.165) is 42.0 Å². The van der Waals surface area contributed by atoms with E-state index in [9.17, 15) is 10.5 Å². The fourth-order valence-electron chi connectivity index (χ4n) is 5.54. The average molecular weight is 735 g/mol. The first-order chi connectivity index (χ1) is 23.9. The minimum absolute atomic E-state index is 0.244. The highest BCUT2D eigenvalue weighted by Gasteiger charge is 2.42. The van der Waals surface area contributed by atoms with E-state index in [1.165, 1.54) is 45.3 Å². The molecule has 16 heteroatoms. The van der Waals surface area contributed by atoms with E-state index < -0.39 is 11.2 Å². The van der Waals surface area contributed by atoms with Crippen LogP contribution in [0.4, 0.5) is 10.0 Å². The van der Waals surface area contributed by atoms with Crippen molar-refractivity contribution in [1.82, 2.24) is 9.97 Å². The molecule has 5 aromatic rings. The number of thiazole rings is 2. The molecule has 0 spiro atoms. The molecule has 0 amide bonds. The summed E-state index contributed by atoms with van der Waals surface area (Å²) in [5.41, 5.74) is 1.42. The second-order valence-corrected chi connectivity index (χ2v) is 15.8. The number of nitrogens with zero attached hydrogens (tertiary/aromatic N) is 8. The third kappa shape index (κ3) is 5.36. The van der Waals surface area contributed by atoms with E-state index >= 15 is 0 Å². The van der Waals surface area contributed by atoms with Crippen molar-refractivity contribution in [3.05, 3.63) is 58.5 Å². The zero-order chi connectivity index (χ0) is 35.5. The standard InChI is InChI=1S/C34H22N8O4S4/c1-33(2)28-24(49-30(41-28)26-20(43-7)11-22(47-26)39-15(13-35)14-36)16-9-19-17(10-18(16)45-33)25-29(34(3,4)46-19)42-31(50-25)27-21(44-8)12-23(48-27)40-32(37-5)38-6/h9-12H,1-4,7-8H3. The van der Waals surface area contributed by atoms with E-state index in [2.05, 4.69) is 19.7 Å². The van der Waals surface area contributed by atoms with Gasteiger partial charge in [-0.2, -0.15) is 10.5 Å². The van der Waals surface area contributed by atoms with Crippen LogP contribution in [-0.4, -0.2) is 35.9 Å². The van der Waals surface area contributed by atoms with Crippen LogP contribution >= 0.6 is 45.3 Å². The quantitative estimate of drug-likeness (QED) is 0.0953. The summed E-state index contributed by atoms with van der Waals surface area (Å²) >= 11 is 5.58. The molecule has 12 nitrogen and oxygen atoms in total. The predicted molar refractivity (Wildman–Crippen MR) is 194 cm³/mol. The Morgan fingerprint density at radius 2 is 1.16 bits per heavy atom. The van der Waals surface area contributed by atoms with Crippen LogP contribution in [0.5, 0.6) is 23.0 Å². The zero-order valence-corrected chi connectivity index (χ0v) is 30.4. The van der Waals surface area contributed by atoms with Crippen molar-refractivity contribution >= 4 is 67.0 Å². The maximum Gasteiger partial charge on any atom is 0.635 e. The van der Waals surface area contributed by atoms with Crippen molar-refractivity contribution in [3.63, 3.8) is 0 Å². The molecule has 2 aliphatic heterocycles. The fourth-order valence-corrected chi connectivity index (χ4v) is 10.2. The van der Waals surface area contributed by atoms with Crippen molar-refractivity contribution in [1.29, 1.82) is 10.5 Å². The summed E-state index contributed by atoms with van der Waals surface area (Å²) in [5.74, 6) is 2.16. The van der Waals surface area contributed by atoms with Crippen molar-refractivity contribution in [2.75, 3.05) is 14.2 Å². The number of ether oxygens (including phenoxy) is 4. The van der Waals surface area contributed by atoms with E-state index in [0.29, 0.717) is 43.0 Å². The monoisotopic (exact) mass is 734 g/mol. The van der Waals surface area contributed by atoms with Gasteiger partial charge >= 0.3 is 5.96 Å². The Labute approximate surface area is 302 Å². The van der Waals surface area contributed by atoms with Gasteiger partial charge in [-0.25, -0.2) is 24.7 Å². The summed E-state index contributed by atoms with van der Waals surface area (Å²) in [5, 5.41) is 20.7. The zero-order valence-electron chi connectivity index (χ0n) is 27.2. The first-order valence-corrected chi connectivity index (χ1v) is 17.9. The Balaban J connectivity index is 1.34. The molecule has 0 aliphatic carbocycles. The number of aromatic nitrogens is 2.